The number of unbranched alkanes of at least 4 members (excludes halogenated alkanes) is 1. The molecule has 0 spiro atoms. The minimum Gasteiger partial charge on any atom is -0.448 e. The van der Waals surface area contributed by atoms with Crippen molar-refractivity contribution in [2.75, 3.05) is 6.54 Å². The van der Waals surface area contributed by atoms with Crippen LogP contribution in [0.3, 0.4) is 0 Å². The van der Waals surface area contributed by atoms with E-state index >= 15 is 0 Å². The van der Waals surface area contributed by atoms with Crippen molar-refractivity contribution in [2.45, 2.75) is 46.6 Å². The van der Waals surface area contributed by atoms with E-state index in [1.807, 2.05) is 6.07 Å². The maximum atomic E-state index is 5.68. The van der Waals surface area contributed by atoms with Crippen LogP contribution in [0.5, 0.6) is 0 Å². The van der Waals surface area contributed by atoms with Crippen LogP contribution >= 0.6 is 24.0 Å². The summed E-state index contributed by atoms with van der Waals surface area (Å²) in [5, 5.41) is 3.81. The minimum absolute atomic E-state index is 0. The van der Waals surface area contributed by atoms with E-state index in [0.717, 1.165) is 18.8 Å². The van der Waals surface area contributed by atoms with Crippen molar-refractivity contribution < 1.29 is 4.42 Å². The minimum atomic E-state index is 0. The molecule has 0 aromatic carbocycles. The molecule has 4 heteroatoms. The predicted octanol–water partition coefficient (Wildman–Crippen LogP) is 4.66. The molecule has 17 heavy (non-hydrogen) atoms. The van der Waals surface area contributed by atoms with Crippen LogP contribution in [-0.4, -0.2) is 6.54 Å². The monoisotopic (exact) mass is 279 g/mol. The molecule has 0 radical (unpaired) electrons. The van der Waals surface area contributed by atoms with Gasteiger partial charge in [-0.2, -0.15) is 0 Å². The van der Waals surface area contributed by atoms with Crippen LogP contribution in [0, 0.1) is 5.41 Å². The van der Waals surface area contributed by atoms with Gasteiger partial charge in [0.1, 0.15) is 5.76 Å². The Balaban J connectivity index is 0.00000256. The van der Waals surface area contributed by atoms with E-state index < -0.39 is 0 Å². The summed E-state index contributed by atoms with van der Waals surface area (Å²) in [4.78, 5) is 0. The lowest BCUT2D eigenvalue weighted by Crippen LogP contribution is -2.15. The summed E-state index contributed by atoms with van der Waals surface area (Å²) in [6.07, 6.45) is 3.77. The van der Waals surface area contributed by atoms with Crippen LogP contribution in [0.4, 0.5) is 0 Å². The van der Waals surface area contributed by atoms with E-state index in [1.54, 1.807) is 6.07 Å². The zero-order valence-corrected chi connectivity index (χ0v) is 12.5. The Hall–Kier alpha value is -0.180. The normalized spacial score (nSPS) is 11.3. The van der Waals surface area contributed by atoms with E-state index in [0.29, 0.717) is 10.6 Å². The summed E-state index contributed by atoms with van der Waals surface area (Å²) in [6.45, 7) is 8.65. The molecule has 0 amide bonds. The lowest BCUT2D eigenvalue weighted by atomic mass is 9.90. The van der Waals surface area contributed by atoms with Gasteiger partial charge < -0.3 is 9.73 Å². The van der Waals surface area contributed by atoms with Crippen LogP contribution in [-0.2, 0) is 6.54 Å². The second-order valence-electron chi connectivity index (χ2n) is 5.40. The van der Waals surface area contributed by atoms with Crippen molar-refractivity contribution in [3.8, 4) is 0 Å². The van der Waals surface area contributed by atoms with Crippen molar-refractivity contribution >= 4 is 24.0 Å². The zero-order valence-electron chi connectivity index (χ0n) is 10.9. The first-order valence-corrected chi connectivity index (χ1v) is 6.30. The third-order valence-electron chi connectivity index (χ3n) is 2.46. The van der Waals surface area contributed by atoms with E-state index in [2.05, 4.69) is 26.1 Å². The van der Waals surface area contributed by atoms with Gasteiger partial charge in [-0.3, -0.25) is 0 Å². The highest BCUT2D eigenvalue weighted by Gasteiger charge is 2.08. The van der Waals surface area contributed by atoms with E-state index in [9.17, 15) is 0 Å². The van der Waals surface area contributed by atoms with Gasteiger partial charge in [0.15, 0.2) is 5.22 Å². The van der Waals surface area contributed by atoms with Crippen molar-refractivity contribution in [3.05, 3.63) is 23.1 Å². The molecule has 2 nitrogen and oxygen atoms in total. The highest BCUT2D eigenvalue weighted by Crippen LogP contribution is 2.21. The topological polar surface area (TPSA) is 25.2 Å². The van der Waals surface area contributed by atoms with Gasteiger partial charge in [0.2, 0.25) is 0 Å². The molecule has 1 aromatic rings. The third-order valence-corrected chi connectivity index (χ3v) is 2.66. The molecule has 100 valence electrons. The average molecular weight is 280 g/mol. The number of furan rings is 1. The second kappa shape index (κ2) is 8.02. The molecule has 1 heterocycles. The summed E-state index contributed by atoms with van der Waals surface area (Å²) in [5.41, 5.74) is 0.453. The lowest BCUT2D eigenvalue weighted by Gasteiger charge is -2.17. The van der Waals surface area contributed by atoms with Gasteiger partial charge in [-0.15, -0.1) is 12.4 Å². The molecule has 1 aromatic heterocycles. The Morgan fingerprint density at radius 2 is 1.94 bits per heavy atom. The summed E-state index contributed by atoms with van der Waals surface area (Å²) in [5.74, 6) is 0.904. The van der Waals surface area contributed by atoms with Gasteiger partial charge in [-0.05, 0) is 48.5 Å². The lowest BCUT2D eigenvalue weighted by molar-refractivity contribution is 0.357. The molecule has 0 saturated carbocycles. The standard InChI is InChI=1S/C13H22ClNO.ClH/c1-13(2,3)8-4-5-9-15-10-11-6-7-12(14)16-11;/h6-7,15H,4-5,8-10H2,1-3H3;1H. The molecule has 0 aliphatic rings. The quantitative estimate of drug-likeness (QED) is 0.766. The van der Waals surface area contributed by atoms with Crippen molar-refractivity contribution in [1.29, 1.82) is 0 Å². The summed E-state index contributed by atoms with van der Waals surface area (Å²) >= 11 is 5.68. The molecule has 0 atom stereocenters. The Kier molecular flexibility index (Phi) is 7.93. The molecule has 0 saturated heterocycles. The van der Waals surface area contributed by atoms with Crippen LogP contribution in [0.2, 0.25) is 5.22 Å². The number of halogens is 2. The van der Waals surface area contributed by atoms with Crippen molar-refractivity contribution in [1.82, 2.24) is 5.32 Å². The number of nitrogens with one attached hydrogen (secondary N) is 1. The van der Waals surface area contributed by atoms with E-state index in [-0.39, 0.29) is 12.4 Å². The molecule has 0 bridgehead atoms. The van der Waals surface area contributed by atoms with Gasteiger partial charge in [0.05, 0.1) is 6.54 Å². The molecule has 0 unspecified atom stereocenters. The highest BCUT2D eigenvalue weighted by atomic mass is 35.5. The highest BCUT2D eigenvalue weighted by molar-refractivity contribution is 6.28. The first-order valence-electron chi connectivity index (χ1n) is 5.92. The second-order valence-corrected chi connectivity index (χ2v) is 5.77. The fourth-order valence-corrected chi connectivity index (χ4v) is 1.73. The third kappa shape index (κ3) is 8.53. The molecule has 0 aliphatic heterocycles. The van der Waals surface area contributed by atoms with Crippen molar-refractivity contribution in [2.24, 2.45) is 5.41 Å². The number of rotatable bonds is 6. The SMILES string of the molecule is CC(C)(C)CCCCNCc1ccc(Cl)o1.Cl. The Labute approximate surface area is 116 Å². The Bertz CT molecular complexity index is 305. The molecule has 1 N–H and O–H groups in total. The largest absolute Gasteiger partial charge is 0.448 e. The van der Waals surface area contributed by atoms with Crippen LogP contribution < -0.4 is 5.32 Å². The average Bonchev–Trinajstić information content (AvgIpc) is 2.56. The molecule has 0 aliphatic carbocycles. The summed E-state index contributed by atoms with van der Waals surface area (Å²) < 4.78 is 5.25. The first-order chi connectivity index (χ1) is 7.47. The van der Waals surface area contributed by atoms with Gasteiger partial charge >= 0.3 is 0 Å². The Morgan fingerprint density at radius 1 is 1.24 bits per heavy atom. The fraction of sp³-hybridized carbons (Fsp3) is 0.692. The fourth-order valence-electron chi connectivity index (χ4n) is 1.56. The first kappa shape index (κ1) is 16.8. The van der Waals surface area contributed by atoms with E-state index in [1.165, 1.54) is 19.3 Å². The predicted molar refractivity (Wildman–Crippen MR) is 76.0 cm³/mol. The van der Waals surface area contributed by atoms with Gasteiger partial charge in [0.25, 0.3) is 0 Å². The van der Waals surface area contributed by atoms with Gasteiger partial charge in [-0.25, -0.2) is 0 Å². The van der Waals surface area contributed by atoms with Crippen LogP contribution in [0.15, 0.2) is 16.5 Å². The maximum Gasteiger partial charge on any atom is 0.193 e. The maximum absolute atomic E-state index is 5.68. The van der Waals surface area contributed by atoms with Gasteiger partial charge in [0, 0.05) is 0 Å². The van der Waals surface area contributed by atoms with Gasteiger partial charge in [-0.1, -0.05) is 27.2 Å². The number of hydrogen-bond acceptors (Lipinski definition) is 2. The molecular weight excluding hydrogens is 257 g/mol. The smallest absolute Gasteiger partial charge is 0.193 e. The zero-order chi connectivity index (χ0) is 12.0. The van der Waals surface area contributed by atoms with Crippen LogP contribution in [0.1, 0.15) is 45.8 Å². The molecule has 1 rings (SSSR count). The van der Waals surface area contributed by atoms with Crippen molar-refractivity contribution in [3.63, 3.8) is 0 Å². The molecular formula is C13H23Cl2NO. The Morgan fingerprint density at radius 3 is 2.47 bits per heavy atom. The van der Waals surface area contributed by atoms with E-state index in [4.69, 9.17) is 16.0 Å². The summed E-state index contributed by atoms with van der Waals surface area (Å²) in [6, 6.07) is 3.68. The van der Waals surface area contributed by atoms with Crippen LogP contribution in [0.25, 0.3) is 0 Å². The number of hydrogen-bond donors (Lipinski definition) is 1. The molecule has 0 fully saturated rings. The summed E-state index contributed by atoms with van der Waals surface area (Å²) in [7, 11) is 0.